The highest BCUT2D eigenvalue weighted by Gasteiger charge is 2.09. The molecule has 3 nitrogen and oxygen atoms in total. The largest absolute Gasteiger partial charge is 0.334 e. The molecule has 2 N–H and O–H groups in total. The summed E-state index contributed by atoms with van der Waals surface area (Å²) in [5, 5.41) is 5.65. The van der Waals surface area contributed by atoms with Crippen LogP contribution in [-0.4, -0.2) is 18.0 Å². The Balaban J connectivity index is 2.55. The normalized spacial score (nSPS) is 13.7. The van der Waals surface area contributed by atoms with E-state index in [0.29, 0.717) is 11.8 Å². The van der Waals surface area contributed by atoms with Gasteiger partial charge in [0.2, 0.25) is 0 Å². The Morgan fingerprint density at radius 2 is 1.84 bits per heavy atom. The van der Waals surface area contributed by atoms with E-state index in [4.69, 9.17) is 11.6 Å². The maximum atomic E-state index is 11.7. The molecule has 0 fully saturated rings. The SMILES string of the molecule is CC[C@H](CCl)NC(=O)Nc1ccc([C@@H](C)CC)cc1. The number of halogens is 1. The van der Waals surface area contributed by atoms with Gasteiger partial charge >= 0.3 is 6.03 Å². The minimum absolute atomic E-state index is 0.0149. The number of carbonyl (C=O) groups is 1. The molecule has 0 unspecified atom stereocenters. The topological polar surface area (TPSA) is 41.1 Å². The Morgan fingerprint density at radius 1 is 1.21 bits per heavy atom. The standard InChI is InChI=1S/C15H23ClN2O/c1-4-11(3)12-6-8-14(9-7-12)18-15(19)17-13(5-2)10-16/h6-9,11,13H,4-5,10H2,1-3H3,(H2,17,18,19)/t11-,13+/m0/s1. The molecule has 2 amide bonds. The maximum absolute atomic E-state index is 11.7. The summed E-state index contributed by atoms with van der Waals surface area (Å²) in [4.78, 5) is 11.7. The van der Waals surface area contributed by atoms with Crippen LogP contribution in [0.1, 0.15) is 45.1 Å². The number of urea groups is 1. The van der Waals surface area contributed by atoms with Gasteiger partial charge in [0, 0.05) is 17.6 Å². The summed E-state index contributed by atoms with van der Waals surface area (Å²) in [5.41, 5.74) is 2.09. The number of carbonyl (C=O) groups excluding carboxylic acids is 1. The van der Waals surface area contributed by atoms with Crippen LogP contribution in [0.3, 0.4) is 0 Å². The molecule has 0 spiro atoms. The number of hydrogen-bond donors (Lipinski definition) is 2. The van der Waals surface area contributed by atoms with Crippen molar-refractivity contribution >= 4 is 23.3 Å². The van der Waals surface area contributed by atoms with Gasteiger partial charge in [0.1, 0.15) is 0 Å². The van der Waals surface area contributed by atoms with E-state index in [1.165, 1.54) is 5.56 Å². The number of alkyl halides is 1. The summed E-state index contributed by atoms with van der Waals surface area (Å²) < 4.78 is 0. The summed E-state index contributed by atoms with van der Waals surface area (Å²) >= 11 is 5.74. The minimum Gasteiger partial charge on any atom is -0.334 e. The van der Waals surface area contributed by atoms with Crippen molar-refractivity contribution < 1.29 is 4.79 Å². The Kier molecular flexibility index (Phi) is 6.71. The van der Waals surface area contributed by atoms with Gasteiger partial charge < -0.3 is 10.6 Å². The number of hydrogen-bond acceptors (Lipinski definition) is 1. The van der Waals surface area contributed by atoms with Crippen LogP contribution in [0.2, 0.25) is 0 Å². The predicted molar refractivity (Wildman–Crippen MR) is 82.1 cm³/mol. The molecule has 0 saturated heterocycles. The molecule has 0 heterocycles. The van der Waals surface area contributed by atoms with Crippen molar-refractivity contribution in [2.75, 3.05) is 11.2 Å². The summed E-state index contributed by atoms with van der Waals surface area (Å²) in [6, 6.07) is 7.79. The summed E-state index contributed by atoms with van der Waals surface area (Å²) in [6.45, 7) is 6.36. The summed E-state index contributed by atoms with van der Waals surface area (Å²) in [7, 11) is 0. The Hall–Kier alpha value is -1.22. The van der Waals surface area contributed by atoms with Gasteiger partial charge in [-0.15, -0.1) is 11.6 Å². The highest BCUT2D eigenvalue weighted by Crippen LogP contribution is 2.20. The van der Waals surface area contributed by atoms with Gasteiger partial charge in [0.05, 0.1) is 0 Å². The molecule has 0 aliphatic heterocycles. The Bertz CT molecular complexity index is 388. The molecule has 1 aromatic carbocycles. The number of anilines is 1. The van der Waals surface area contributed by atoms with Gasteiger partial charge in [0.25, 0.3) is 0 Å². The smallest absolute Gasteiger partial charge is 0.319 e. The third-order valence-electron chi connectivity index (χ3n) is 3.36. The molecule has 19 heavy (non-hydrogen) atoms. The van der Waals surface area contributed by atoms with Gasteiger partial charge in [-0.3, -0.25) is 0 Å². The second-order valence-electron chi connectivity index (χ2n) is 4.79. The van der Waals surface area contributed by atoms with Crippen molar-refractivity contribution in [2.24, 2.45) is 0 Å². The van der Waals surface area contributed by atoms with E-state index < -0.39 is 0 Å². The first-order chi connectivity index (χ1) is 9.10. The highest BCUT2D eigenvalue weighted by atomic mass is 35.5. The zero-order valence-electron chi connectivity index (χ0n) is 11.9. The van der Waals surface area contributed by atoms with Crippen molar-refractivity contribution in [3.63, 3.8) is 0 Å². The van der Waals surface area contributed by atoms with E-state index in [1.807, 2.05) is 19.1 Å². The number of nitrogens with one attached hydrogen (secondary N) is 2. The second kappa shape index (κ2) is 8.05. The molecule has 0 aromatic heterocycles. The van der Waals surface area contributed by atoms with Crippen LogP contribution in [-0.2, 0) is 0 Å². The number of rotatable bonds is 6. The molecule has 0 aliphatic carbocycles. The Morgan fingerprint density at radius 3 is 2.32 bits per heavy atom. The van der Waals surface area contributed by atoms with Gasteiger partial charge in [-0.25, -0.2) is 4.79 Å². The van der Waals surface area contributed by atoms with E-state index in [1.54, 1.807) is 0 Å². The lowest BCUT2D eigenvalue weighted by Gasteiger charge is -2.15. The summed E-state index contributed by atoms with van der Waals surface area (Å²) in [5.74, 6) is 0.972. The third-order valence-corrected chi connectivity index (χ3v) is 3.74. The van der Waals surface area contributed by atoms with Crippen molar-refractivity contribution in [1.82, 2.24) is 5.32 Å². The molecule has 0 radical (unpaired) electrons. The van der Waals surface area contributed by atoms with Gasteiger partial charge in [-0.1, -0.05) is 32.9 Å². The lowest BCUT2D eigenvalue weighted by Crippen LogP contribution is -2.38. The molecule has 0 aliphatic rings. The molecule has 106 valence electrons. The van der Waals surface area contributed by atoms with Crippen LogP contribution in [0.4, 0.5) is 10.5 Å². The van der Waals surface area contributed by atoms with Crippen LogP contribution < -0.4 is 10.6 Å². The van der Waals surface area contributed by atoms with E-state index in [0.717, 1.165) is 18.5 Å². The average Bonchev–Trinajstić information content (AvgIpc) is 2.44. The van der Waals surface area contributed by atoms with Gasteiger partial charge in [-0.05, 0) is 36.5 Å². The monoisotopic (exact) mass is 282 g/mol. The van der Waals surface area contributed by atoms with Crippen molar-refractivity contribution in [3.8, 4) is 0 Å². The highest BCUT2D eigenvalue weighted by molar-refractivity contribution is 6.18. The second-order valence-corrected chi connectivity index (χ2v) is 5.10. The molecular formula is C15H23ClN2O. The lowest BCUT2D eigenvalue weighted by molar-refractivity contribution is 0.249. The molecule has 2 atom stereocenters. The van der Waals surface area contributed by atoms with Crippen molar-refractivity contribution in [1.29, 1.82) is 0 Å². The number of benzene rings is 1. The summed E-state index contributed by atoms with van der Waals surface area (Å²) in [6.07, 6.45) is 1.94. The maximum Gasteiger partial charge on any atom is 0.319 e. The fourth-order valence-corrected chi connectivity index (χ4v) is 2.03. The van der Waals surface area contributed by atoms with E-state index >= 15 is 0 Å². The third kappa shape index (κ3) is 5.11. The molecule has 4 heteroatoms. The zero-order chi connectivity index (χ0) is 14.3. The molecule has 0 saturated carbocycles. The lowest BCUT2D eigenvalue weighted by atomic mass is 9.99. The Labute approximate surface area is 120 Å². The van der Waals surface area contributed by atoms with E-state index in [9.17, 15) is 4.79 Å². The quantitative estimate of drug-likeness (QED) is 0.749. The molecule has 1 rings (SSSR count). The average molecular weight is 283 g/mol. The molecule has 0 bridgehead atoms. The van der Waals surface area contributed by atoms with E-state index in [2.05, 4.69) is 36.6 Å². The minimum atomic E-state index is -0.205. The van der Waals surface area contributed by atoms with E-state index in [-0.39, 0.29) is 12.1 Å². The van der Waals surface area contributed by atoms with Crippen LogP contribution in [0.15, 0.2) is 24.3 Å². The van der Waals surface area contributed by atoms with Gasteiger partial charge in [-0.2, -0.15) is 0 Å². The first-order valence-electron chi connectivity index (χ1n) is 6.84. The first-order valence-corrected chi connectivity index (χ1v) is 7.37. The first kappa shape index (κ1) is 15.8. The zero-order valence-corrected chi connectivity index (χ0v) is 12.6. The number of amides is 2. The molecule has 1 aromatic rings. The fourth-order valence-electron chi connectivity index (χ4n) is 1.73. The van der Waals surface area contributed by atoms with Crippen LogP contribution >= 0.6 is 11.6 Å². The van der Waals surface area contributed by atoms with Gasteiger partial charge in [0.15, 0.2) is 0 Å². The van der Waals surface area contributed by atoms with Crippen LogP contribution in [0.5, 0.6) is 0 Å². The van der Waals surface area contributed by atoms with Crippen molar-refractivity contribution in [3.05, 3.63) is 29.8 Å². The predicted octanol–water partition coefficient (Wildman–Crippen LogP) is 4.34. The van der Waals surface area contributed by atoms with Crippen LogP contribution in [0, 0.1) is 0 Å². The molecular weight excluding hydrogens is 260 g/mol. The van der Waals surface area contributed by atoms with Crippen LogP contribution in [0.25, 0.3) is 0 Å². The van der Waals surface area contributed by atoms with Crippen molar-refractivity contribution in [2.45, 2.75) is 45.6 Å². The fraction of sp³-hybridized carbons (Fsp3) is 0.533.